The van der Waals surface area contributed by atoms with E-state index >= 15 is 0 Å². The van der Waals surface area contributed by atoms with Crippen molar-refractivity contribution in [1.82, 2.24) is 15.3 Å². The van der Waals surface area contributed by atoms with Gasteiger partial charge in [0.1, 0.15) is 10.7 Å². The number of nitrogens with one attached hydrogen (secondary N) is 2. The van der Waals surface area contributed by atoms with Crippen LogP contribution in [0, 0.1) is 0 Å². The fraction of sp³-hybridized carbons (Fsp3) is 0.600. The molecule has 0 amide bonds. The molecule has 0 spiro atoms. The number of aliphatic hydroxyl groups excluding tert-OH is 1. The largest absolute Gasteiger partial charge is 0.396 e. The highest BCUT2D eigenvalue weighted by Crippen LogP contribution is 2.34. The first-order valence-electron chi connectivity index (χ1n) is 7.64. The lowest BCUT2D eigenvalue weighted by Gasteiger charge is -2.04. The van der Waals surface area contributed by atoms with Crippen LogP contribution in [0.25, 0.3) is 10.2 Å². The van der Waals surface area contributed by atoms with Gasteiger partial charge in [-0.25, -0.2) is 4.98 Å². The van der Waals surface area contributed by atoms with Crippen molar-refractivity contribution in [3.63, 3.8) is 0 Å². The highest BCUT2D eigenvalue weighted by atomic mass is 32.1. The van der Waals surface area contributed by atoms with E-state index in [-0.39, 0.29) is 12.2 Å². The summed E-state index contributed by atoms with van der Waals surface area (Å²) in [6, 6.07) is 0. The smallest absolute Gasteiger partial charge is 0.259 e. The molecule has 6 heteroatoms. The zero-order valence-corrected chi connectivity index (χ0v) is 12.9. The van der Waals surface area contributed by atoms with Crippen LogP contribution in [0.5, 0.6) is 0 Å². The molecule has 2 aromatic heterocycles. The van der Waals surface area contributed by atoms with E-state index in [2.05, 4.69) is 15.3 Å². The van der Waals surface area contributed by atoms with Crippen LogP contribution < -0.4 is 10.9 Å². The van der Waals surface area contributed by atoms with Crippen LogP contribution in [-0.4, -0.2) is 28.2 Å². The zero-order chi connectivity index (χ0) is 14.7. The molecule has 0 saturated carbocycles. The summed E-state index contributed by atoms with van der Waals surface area (Å²) in [5, 5.41) is 12.8. The lowest BCUT2D eigenvalue weighted by Crippen LogP contribution is -2.20. The number of aliphatic hydroxyl groups is 1. The van der Waals surface area contributed by atoms with Gasteiger partial charge in [0.05, 0.1) is 11.9 Å². The van der Waals surface area contributed by atoms with Gasteiger partial charge in [-0.15, -0.1) is 11.3 Å². The number of aromatic amines is 1. The summed E-state index contributed by atoms with van der Waals surface area (Å²) in [5.74, 6) is 0.717. The molecule has 2 heterocycles. The summed E-state index contributed by atoms with van der Waals surface area (Å²) < 4.78 is 0. The second-order valence-corrected chi connectivity index (χ2v) is 6.59. The number of rotatable bonds is 7. The minimum atomic E-state index is 0.0106. The highest BCUT2D eigenvalue weighted by Gasteiger charge is 2.20. The number of aryl methyl sites for hydroxylation is 2. The fourth-order valence-electron chi connectivity index (χ4n) is 2.88. The molecule has 2 aromatic rings. The van der Waals surface area contributed by atoms with E-state index in [1.165, 1.54) is 10.4 Å². The first-order valence-corrected chi connectivity index (χ1v) is 8.46. The predicted molar refractivity (Wildman–Crippen MR) is 84.9 cm³/mol. The quantitative estimate of drug-likeness (QED) is 0.681. The summed E-state index contributed by atoms with van der Waals surface area (Å²) in [7, 11) is 0. The Morgan fingerprint density at radius 2 is 2.19 bits per heavy atom. The van der Waals surface area contributed by atoms with Crippen LogP contribution >= 0.6 is 11.3 Å². The van der Waals surface area contributed by atoms with Gasteiger partial charge >= 0.3 is 0 Å². The highest BCUT2D eigenvalue weighted by molar-refractivity contribution is 7.18. The minimum absolute atomic E-state index is 0.0106. The van der Waals surface area contributed by atoms with Gasteiger partial charge in [-0.05, 0) is 50.6 Å². The number of fused-ring (bicyclic) bond motifs is 3. The van der Waals surface area contributed by atoms with Gasteiger partial charge in [-0.1, -0.05) is 0 Å². The Morgan fingerprint density at radius 3 is 3.05 bits per heavy atom. The molecule has 0 radical (unpaired) electrons. The van der Waals surface area contributed by atoms with Crippen molar-refractivity contribution in [3.05, 3.63) is 26.6 Å². The van der Waals surface area contributed by atoms with Crippen molar-refractivity contribution in [3.8, 4) is 0 Å². The number of aromatic nitrogens is 2. The maximum Gasteiger partial charge on any atom is 0.259 e. The third-order valence-electron chi connectivity index (χ3n) is 3.93. The standard InChI is InChI=1S/C15H21N3O2S/c19-8-3-1-2-7-16-9-12-17-14(20)13-10-5-4-6-11(10)21-15(13)18-12/h16,19H,1-9H2,(H,17,18,20). The lowest BCUT2D eigenvalue weighted by atomic mass is 10.2. The molecule has 0 saturated heterocycles. The molecule has 0 unspecified atom stereocenters. The van der Waals surface area contributed by atoms with E-state index in [1.807, 2.05) is 0 Å². The van der Waals surface area contributed by atoms with Crippen molar-refractivity contribution in [2.45, 2.75) is 45.1 Å². The van der Waals surface area contributed by atoms with Gasteiger partial charge in [0, 0.05) is 11.5 Å². The molecule has 0 aromatic carbocycles. The van der Waals surface area contributed by atoms with Gasteiger partial charge in [-0.3, -0.25) is 4.79 Å². The first kappa shape index (κ1) is 14.7. The normalized spacial score (nSPS) is 14.0. The summed E-state index contributed by atoms with van der Waals surface area (Å²) >= 11 is 1.68. The van der Waals surface area contributed by atoms with Crippen molar-refractivity contribution < 1.29 is 5.11 Å². The van der Waals surface area contributed by atoms with Crippen LogP contribution in [0.1, 0.15) is 41.9 Å². The van der Waals surface area contributed by atoms with E-state index in [4.69, 9.17) is 5.11 Å². The zero-order valence-electron chi connectivity index (χ0n) is 12.1. The number of nitrogens with zero attached hydrogens (tertiary/aromatic N) is 1. The van der Waals surface area contributed by atoms with Crippen LogP contribution in [0.3, 0.4) is 0 Å². The summed E-state index contributed by atoms with van der Waals surface area (Å²) in [6.45, 7) is 1.73. The molecule has 1 aliphatic rings. The summed E-state index contributed by atoms with van der Waals surface area (Å²) in [6.07, 6.45) is 6.17. The Labute approximate surface area is 127 Å². The molecule has 0 aliphatic heterocycles. The van der Waals surface area contributed by atoms with Gasteiger partial charge < -0.3 is 15.4 Å². The Bertz CT molecular complexity index is 677. The van der Waals surface area contributed by atoms with Crippen molar-refractivity contribution in [2.75, 3.05) is 13.2 Å². The lowest BCUT2D eigenvalue weighted by molar-refractivity contribution is 0.283. The van der Waals surface area contributed by atoms with Crippen molar-refractivity contribution >= 4 is 21.6 Å². The number of unbranched alkanes of at least 4 members (excludes halogenated alkanes) is 2. The molecular formula is C15H21N3O2S. The van der Waals surface area contributed by atoms with E-state index < -0.39 is 0 Å². The fourth-order valence-corrected chi connectivity index (χ4v) is 4.16. The first-order chi connectivity index (χ1) is 10.3. The molecule has 3 N–H and O–H groups in total. The molecular weight excluding hydrogens is 286 g/mol. The van der Waals surface area contributed by atoms with E-state index in [0.29, 0.717) is 6.54 Å². The molecule has 0 bridgehead atoms. The second kappa shape index (κ2) is 6.68. The Hall–Kier alpha value is -1.24. The van der Waals surface area contributed by atoms with Gasteiger partial charge in [0.15, 0.2) is 0 Å². The Balaban J connectivity index is 1.66. The Kier molecular flexibility index (Phi) is 4.67. The number of H-pyrrole nitrogens is 1. The molecule has 0 atom stereocenters. The van der Waals surface area contributed by atoms with Crippen molar-refractivity contribution in [1.29, 1.82) is 0 Å². The SMILES string of the molecule is O=c1[nH]c(CNCCCCCO)nc2sc3c(c12)CCC3. The monoisotopic (exact) mass is 307 g/mol. The molecule has 1 aliphatic carbocycles. The van der Waals surface area contributed by atoms with E-state index in [0.717, 1.165) is 61.1 Å². The van der Waals surface area contributed by atoms with Gasteiger partial charge in [0.25, 0.3) is 5.56 Å². The average Bonchev–Trinajstić information content (AvgIpc) is 3.02. The molecule has 0 fully saturated rings. The number of hydrogen-bond acceptors (Lipinski definition) is 5. The third kappa shape index (κ3) is 3.17. The Morgan fingerprint density at radius 1 is 1.29 bits per heavy atom. The molecule has 3 rings (SSSR count). The second-order valence-electron chi connectivity index (χ2n) is 5.51. The third-order valence-corrected chi connectivity index (χ3v) is 5.11. The molecule has 21 heavy (non-hydrogen) atoms. The summed E-state index contributed by atoms with van der Waals surface area (Å²) in [4.78, 5) is 22.0. The number of hydrogen-bond donors (Lipinski definition) is 3. The maximum atomic E-state index is 12.2. The van der Waals surface area contributed by atoms with E-state index in [9.17, 15) is 4.79 Å². The minimum Gasteiger partial charge on any atom is -0.396 e. The average molecular weight is 307 g/mol. The predicted octanol–water partition coefficient (Wildman–Crippen LogP) is 1.73. The number of thiophene rings is 1. The topological polar surface area (TPSA) is 78.0 Å². The van der Waals surface area contributed by atoms with Crippen LogP contribution in [-0.2, 0) is 19.4 Å². The van der Waals surface area contributed by atoms with Gasteiger partial charge in [0.2, 0.25) is 0 Å². The molecule has 114 valence electrons. The van der Waals surface area contributed by atoms with Crippen LogP contribution in [0.4, 0.5) is 0 Å². The van der Waals surface area contributed by atoms with E-state index in [1.54, 1.807) is 11.3 Å². The maximum absolute atomic E-state index is 12.2. The van der Waals surface area contributed by atoms with Crippen molar-refractivity contribution in [2.24, 2.45) is 0 Å². The van der Waals surface area contributed by atoms with Crippen LogP contribution in [0.2, 0.25) is 0 Å². The van der Waals surface area contributed by atoms with Gasteiger partial charge in [-0.2, -0.15) is 0 Å². The van der Waals surface area contributed by atoms with Crippen LogP contribution in [0.15, 0.2) is 4.79 Å². The molecule has 5 nitrogen and oxygen atoms in total. The summed E-state index contributed by atoms with van der Waals surface area (Å²) in [5.41, 5.74) is 1.24.